The van der Waals surface area contributed by atoms with Crippen LogP contribution in [0.5, 0.6) is 0 Å². The number of aliphatic hydroxyl groups is 1. The molecule has 0 saturated heterocycles. The van der Waals surface area contributed by atoms with Gasteiger partial charge in [-0.25, -0.2) is 0 Å². The highest BCUT2D eigenvalue weighted by Gasteiger charge is 1.95. The van der Waals surface area contributed by atoms with E-state index < -0.39 is 6.29 Å². The zero-order valence-electron chi connectivity index (χ0n) is 4.92. The second-order valence-electron chi connectivity index (χ2n) is 1.38. The van der Waals surface area contributed by atoms with E-state index in [0.29, 0.717) is 6.42 Å². The summed E-state index contributed by atoms with van der Waals surface area (Å²) in [4.78, 5) is 0. The van der Waals surface area contributed by atoms with Crippen molar-refractivity contribution in [2.75, 3.05) is 6.61 Å². The Bertz CT molecular complexity index is 83.0. The van der Waals surface area contributed by atoms with Crippen molar-refractivity contribution in [3.05, 3.63) is 0 Å². The van der Waals surface area contributed by atoms with Gasteiger partial charge in [-0.05, 0) is 6.42 Å². The molecule has 0 aliphatic carbocycles. The fourth-order valence-corrected chi connectivity index (χ4v) is 0.262. The molecule has 0 aromatic rings. The minimum atomic E-state index is -0.689. The lowest BCUT2D eigenvalue weighted by Crippen LogP contribution is -2.09. The summed E-state index contributed by atoms with van der Waals surface area (Å²) in [6.45, 7) is 2.01. The van der Waals surface area contributed by atoms with E-state index in [2.05, 4.69) is 10.7 Å². The molecular formula is C6H10O2. The van der Waals surface area contributed by atoms with Gasteiger partial charge in [0, 0.05) is 0 Å². The van der Waals surface area contributed by atoms with Crippen LogP contribution in [0.2, 0.25) is 0 Å². The third-order valence-corrected chi connectivity index (χ3v) is 0.708. The summed E-state index contributed by atoms with van der Waals surface area (Å²) in [6, 6.07) is 0. The van der Waals surface area contributed by atoms with Crippen LogP contribution < -0.4 is 0 Å². The van der Waals surface area contributed by atoms with Crippen molar-refractivity contribution in [3.8, 4) is 12.3 Å². The predicted octanol–water partition coefficient (Wildman–Crippen LogP) is 0.365. The van der Waals surface area contributed by atoms with E-state index in [4.69, 9.17) is 11.5 Å². The summed E-state index contributed by atoms with van der Waals surface area (Å²) in [5, 5.41) is 8.67. The van der Waals surface area contributed by atoms with Gasteiger partial charge in [0.05, 0.1) is 0 Å². The van der Waals surface area contributed by atoms with E-state index in [-0.39, 0.29) is 6.61 Å². The molecule has 0 bridgehead atoms. The van der Waals surface area contributed by atoms with Gasteiger partial charge in [0.15, 0.2) is 6.29 Å². The average Bonchev–Trinajstić information content (AvgIpc) is 1.83. The van der Waals surface area contributed by atoms with Crippen LogP contribution in [0.3, 0.4) is 0 Å². The van der Waals surface area contributed by atoms with Crippen LogP contribution in [0.1, 0.15) is 13.3 Å². The summed E-state index contributed by atoms with van der Waals surface area (Å²) in [5.74, 6) is 2.25. The molecule has 0 aliphatic rings. The molecule has 1 atom stereocenters. The maximum Gasteiger partial charge on any atom is 0.155 e. The van der Waals surface area contributed by atoms with E-state index in [9.17, 15) is 0 Å². The Balaban J connectivity index is 3.01. The van der Waals surface area contributed by atoms with E-state index in [1.807, 2.05) is 6.92 Å². The minimum absolute atomic E-state index is 0.189. The van der Waals surface area contributed by atoms with E-state index >= 15 is 0 Å². The Morgan fingerprint density at radius 1 is 1.88 bits per heavy atom. The van der Waals surface area contributed by atoms with Crippen molar-refractivity contribution < 1.29 is 9.84 Å². The number of hydrogen-bond donors (Lipinski definition) is 1. The Labute approximate surface area is 49.5 Å². The van der Waals surface area contributed by atoms with E-state index in [0.717, 1.165) is 0 Å². The van der Waals surface area contributed by atoms with Gasteiger partial charge in [-0.1, -0.05) is 12.8 Å². The second kappa shape index (κ2) is 4.63. The third kappa shape index (κ3) is 3.66. The van der Waals surface area contributed by atoms with Crippen LogP contribution in [0.25, 0.3) is 0 Å². The van der Waals surface area contributed by atoms with Crippen LogP contribution >= 0.6 is 0 Å². The molecule has 2 heteroatoms. The highest BCUT2D eigenvalue weighted by Crippen LogP contribution is 1.89. The van der Waals surface area contributed by atoms with Gasteiger partial charge < -0.3 is 9.84 Å². The van der Waals surface area contributed by atoms with Gasteiger partial charge in [0.2, 0.25) is 0 Å². The van der Waals surface area contributed by atoms with Crippen molar-refractivity contribution in [1.29, 1.82) is 0 Å². The molecule has 1 N–H and O–H groups in total. The molecule has 0 heterocycles. The first-order valence-electron chi connectivity index (χ1n) is 2.54. The summed E-state index contributed by atoms with van der Waals surface area (Å²) >= 11 is 0. The molecule has 0 rings (SSSR count). The minimum Gasteiger partial charge on any atom is -0.368 e. The summed E-state index contributed by atoms with van der Waals surface area (Å²) in [7, 11) is 0. The lowest BCUT2D eigenvalue weighted by Gasteiger charge is -2.04. The van der Waals surface area contributed by atoms with Crippen molar-refractivity contribution in [1.82, 2.24) is 0 Å². The topological polar surface area (TPSA) is 29.5 Å². The van der Waals surface area contributed by atoms with Gasteiger partial charge in [-0.15, -0.1) is 6.42 Å². The number of ether oxygens (including phenoxy) is 1. The van der Waals surface area contributed by atoms with Gasteiger partial charge in [-0.2, -0.15) is 0 Å². The van der Waals surface area contributed by atoms with Gasteiger partial charge in [-0.3, -0.25) is 0 Å². The van der Waals surface area contributed by atoms with E-state index in [1.54, 1.807) is 0 Å². The molecular weight excluding hydrogens is 104 g/mol. The van der Waals surface area contributed by atoms with Crippen LogP contribution in [-0.4, -0.2) is 18.0 Å². The molecule has 0 aliphatic heterocycles. The Morgan fingerprint density at radius 2 is 2.50 bits per heavy atom. The molecule has 2 nitrogen and oxygen atoms in total. The summed E-state index contributed by atoms with van der Waals surface area (Å²) in [6.07, 6.45) is 4.74. The van der Waals surface area contributed by atoms with E-state index in [1.165, 1.54) is 0 Å². The normalized spacial score (nSPS) is 12.6. The van der Waals surface area contributed by atoms with Crippen LogP contribution in [0.4, 0.5) is 0 Å². The zero-order chi connectivity index (χ0) is 6.41. The zero-order valence-corrected chi connectivity index (χ0v) is 4.92. The lowest BCUT2D eigenvalue weighted by molar-refractivity contribution is -0.0878. The third-order valence-electron chi connectivity index (χ3n) is 0.708. The van der Waals surface area contributed by atoms with Crippen LogP contribution in [-0.2, 0) is 4.74 Å². The standard InChI is InChI=1S/C6H10O2/c1-3-5-8-6(7)4-2/h1,6-7H,4-5H2,2H3. The first kappa shape index (κ1) is 7.48. The lowest BCUT2D eigenvalue weighted by atomic mass is 10.5. The molecule has 8 heavy (non-hydrogen) atoms. The van der Waals surface area contributed by atoms with Crippen LogP contribution in [0.15, 0.2) is 0 Å². The predicted molar refractivity (Wildman–Crippen MR) is 31.1 cm³/mol. The quantitative estimate of drug-likeness (QED) is 0.424. The van der Waals surface area contributed by atoms with Crippen molar-refractivity contribution in [2.24, 2.45) is 0 Å². The first-order valence-corrected chi connectivity index (χ1v) is 2.54. The molecule has 0 spiro atoms. The molecule has 0 fully saturated rings. The highest BCUT2D eigenvalue weighted by molar-refractivity contribution is 4.82. The molecule has 0 radical (unpaired) electrons. The summed E-state index contributed by atoms with van der Waals surface area (Å²) < 4.78 is 4.66. The SMILES string of the molecule is C#CCOC(O)CC. The average molecular weight is 114 g/mol. The van der Waals surface area contributed by atoms with Crippen LogP contribution in [0, 0.1) is 12.3 Å². The smallest absolute Gasteiger partial charge is 0.155 e. The highest BCUT2D eigenvalue weighted by atomic mass is 16.6. The number of rotatable bonds is 3. The monoisotopic (exact) mass is 114 g/mol. The van der Waals surface area contributed by atoms with Crippen molar-refractivity contribution in [3.63, 3.8) is 0 Å². The Hall–Kier alpha value is -0.520. The first-order chi connectivity index (χ1) is 3.81. The number of terminal acetylenes is 1. The van der Waals surface area contributed by atoms with Crippen molar-refractivity contribution in [2.45, 2.75) is 19.6 Å². The molecule has 46 valence electrons. The number of hydrogen-bond acceptors (Lipinski definition) is 2. The maximum absolute atomic E-state index is 8.67. The fourth-order valence-electron chi connectivity index (χ4n) is 0.262. The Morgan fingerprint density at radius 3 is 2.88 bits per heavy atom. The molecule has 0 aromatic heterocycles. The molecule has 0 aromatic carbocycles. The van der Waals surface area contributed by atoms with Crippen molar-refractivity contribution >= 4 is 0 Å². The van der Waals surface area contributed by atoms with Gasteiger partial charge in [0.25, 0.3) is 0 Å². The molecule has 0 amide bonds. The Kier molecular flexibility index (Phi) is 4.33. The fraction of sp³-hybridized carbons (Fsp3) is 0.667. The largest absolute Gasteiger partial charge is 0.368 e. The van der Waals surface area contributed by atoms with Gasteiger partial charge in [0.1, 0.15) is 6.61 Å². The number of aliphatic hydroxyl groups excluding tert-OH is 1. The summed E-state index contributed by atoms with van der Waals surface area (Å²) in [5.41, 5.74) is 0. The maximum atomic E-state index is 8.67. The second-order valence-corrected chi connectivity index (χ2v) is 1.38. The molecule has 0 saturated carbocycles. The molecule has 1 unspecified atom stereocenters. The van der Waals surface area contributed by atoms with Gasteiger partial charge >= 0.3 is 0 Å².